The quantitative estimate of drug-likeness (QED) is 0.846. The summed E-state index contributed by atoms with van der Waals surface area (Å²) in [5, 5.41) is 0. The molecule has 23 heavy (non-hydrogen) atoms. The fraction of sp³-hybridized carbons (Fsp3) is 0.556. The van der Waals surface area contributed by atoms with E-state index in [9.17, 15) is 9.59 Å². The molecule has 1 aromatic rings. The van der Waals surface area contributed by atoms with Crippen molar-refractivity contribution < 1.29 is 9.59 Å². The molecule has 0 aromatic heterocycles. The van der Waals surface area contributed by atoms with Gasteiger partial charge in [0.15, 0.2) is 0 Å². The van der Waals surface area contributed by atoms with Crippen LogP contribution in [0.4, 0.5) is 5.69 Å². The summed E-state index contributed by atoms with van der Waals surface area (Å²) in [6, 6.07) is 8.07. The number of likely N-dealkylation sites (tertiary alicyclic amines) is 1. The van der Waals surface area contributed by atoms with Crippen molar-refractivity contribution in [3.05, 3.63) is 29.8 Å². The number of benzene rings is 1. The van der Waals surface area contributed by atoms with Crippen LogP contribution in [0.1, 0.15) is 24.8 Å². The number of para-hydroxylation sites is 1. The van der Waals surface area contributed by atoms with Crippen LogP contribution in [-0.4, -0.2) is 61.4 Å². The fourth-order valence-corrected chi connectivity index (χ4v) is 3.64. The molecule has 1 unspecified atom stereocenters. The third kappa shape index (κ3) is 3.24. The molecule has 0 aliphatic carbocycles. The largest absolute Gasteiger partial charge is 0.347 e. The maximum Gasteiger partial charge on any atom is 0.239 e. The van der Waals surface area contributed by atoms with Crippen molar-refractivity contribution >= 4 is 17.5 Å². The Hall–Kier alpha value is -1.88. The summed E-state index contributed by atoms with van der Waals surface area (Å²) in [6.07, 6.45) is 3.35. The van der Waals surface area contributed by atoms with Gasteiger partial charge in [-0.2, -0.15) is 0 Å². The highest BCUT2D eigenvalue weighted by molar-refractivity contribution is 5.95. The number of anilines is 1. The summed E-state index contributed by atoms with van der Waals surface area (Å²) in [6.45, 7) is 2.36. The minimum absolute atomic E-state index is 0.0522. The Morgan fingerprint density at radius 1 is 1.22 bits per heavy atom. The van der Waals surface area contributed by atoms with Gasteiger partial charge in [-0.15, -0.1) is 0 Å². The number of carbonyl (C=O) groups excluding carboxylic acids is 2. The second-order valence-electron chi connectivity index (χ2n) is 6.60. The molecule has 3 rings (SSSR count). The summed E-state index contributed by atoms with van der Waals surface area (Å²) in [5.74, 6) is 0.319. The van der Waals surface area contributed by atoms with Crippen LogP contribution in [0.2, 0.25) is 0 Å². The van der Waals surface area contributed by atoms with E-state index < -0.39 is 0 Å². The van der Waals surface area contributed by atoms with E-state index in [4.69, 9.17) is 0 Å². The molecular weight excluding hydrogens is 290 g/mol. The highest BCUT2D eigenvalue weighted by atomic mass is 16.2. The molecule has 0 radical (unpaired) electrons. The smallest absolute Gasteiger partial charge is 0.239 e. The summed E-state index contributed by atoms with van der Waals surface area (Å²) in [7, 11) is 3.59. The lowest BCUT2D eigenvalue weighted by molar-refractivity contribution is -0.133. The minimum Gasteiger partial charge on any atom is -0.347 e. The summed E-state index contributed by atoms with van der Waals surface area (Å²) >= 11 is 0. The van der Waals surface area contributed by atoms with Crippen molar-refractivity contribution in [1.82, 2.24) is 9.80 Å². The predicted octanol–water partition coefficient (Wildman–Crippen LogP) is 1.52. The molecule has 0 N–H and O–H groups in total. The molecule has 0 saturated carbocycles. The molecule has 5 nitrogen and oxygen atoms in total. The number of hydrogen-bond donors (Lipinski definition) is 0. The zero-order valence-corrected chi connectivity index (χ0v) is 14.0. The number of fused-ring (bicyclic) bond motifs is 1. The second-order valence-corrected chi connectivity index (χ2v) is 6.60. The number of likely N-dealkylation sites (N-methyl/N-ethyl adjacent to an activating group) is 1. The SMILES string of the molecule is CN(C)C(=O)C1CCCN1CCC(=O)N1CCc2ccccc21. The van der Waals surface area contributed by atoms with Gasteiger partial charge < -0.3 is 9.80 Å². The van der Waals surface area contributed by atoms with Crippen LogP contribution in [0.3, 0.4) is 0 Å². The third-order valence-corrected chi connectivity index (χ3v) is 4.89. The van der Waals surface area contributed by atoms with Crippen LogP contribution in [0.25, 0.3) is 0 Å². The van der Waals surface area contributed by atoms with Crippen LogP contribution in [0.15, 0.2) is 24.3 Å². The molecule has 1 saturated heterocycles. The van der Waals surface area contributed by atoms with Crippen LogP contribution in [0.5, 0.6) is 0 Å². The van der Waals surface area contributed by atoms with E-state index in [1.165, 1.54) is 5.56 Å². The van der Waals surface area contributed by atoms with Gasteiger partial charge in [0.05, 0.1) is 6.04 Å². The van der Waals surface area contributed by atoms with Gasteiger partial charge in [-0.05, 0) is 37.4 Å². The lowest BCUT2D eigenvalue weighted by atomic mass is 10.2. The molecule has 1 aromatic carbocycles. The fourth-order valence-electron chi connectivity index (χ4n) is 3.64. The topological polar surface area (TPSA) is 43.9 Å². The number of carbonyl (C=O) groups is 2. The van der Waals surface area contributed by atoms with Crippen molar-refractivity contribution in [3.8, 4) is 0 Å². The van der Waals surface area contributed by atoms with E-state index in [2.05, 4.69) is 11.0 Å². The van der Waals surface area contributed by atoms with E-state index in [0.717, 1.165) is 38.0 Å². The molecule has 2 aliphatic rings. The van der Waals surface area contributed by atoms with Gasteiger partial charge in [0.1, 0.15) is 0 Å². The summed E-state index contributed by atoms with van der Waals surface area (Å²) < 4.78 is 0. The number of nitrogens with zero attached hydrogens (tertiary/aromatic N) is 3. The Morgan fingerprint density at radius 2 is 2.00 bits per heavy atom. The lowest BCUT2D eigenvalue weighted by Crippen LogP contribution is -2.44. The standard InChI is InChI=1S/C18H25N3O2/c1-19(2)18(23)16-8-5-11-20(16)12-10-17(22)21-13-9-14-6-3-4-7-15(14)21/h3-4,6-7,16H,5,8-13H2,1-2H3. The molecule has 0 bridgehead atoms. The lowest BCUT2D eigenvalue weighted by Gasteiger charge is -2.26. The number of rotatable bonds is 4. The van der Waals surface area contributed by atoms with Crippen LogP contribution in [-0.2, 0) is 16.0 Å². The zero-order chi connectivity index (χ0) is 16.4. The van der Waals surface area contributed by atoms with Gasteiger partial charge >= 0.3 is 0 Å². The Bertz CT molecular complexity index is 600. The van der Waals surface area contributed by atoms with Crippen LogP contribution >= 0.6 is 0 Å². The van der Waals surface area contributed by atoms with Crippen molar-refractivity contribution in [2.45, 2.75) is 31.7 Å². The molecule has 2 amide bonds. The van der Waals surface area contributed by atoms with Crippen molar-refractivity contribution in [1.29, 1.82) is 0 Å². The van der Waals surface area contributed by atoms with Crippen molar-refractivity contribution in [3.63, 3.8) is 0 Å². The number of amides is 2. The molecular formula is C18H25N3O2. The normalized spacial score (nSPS) is 20.6. The first kappa shape index (κ1) is 16.0. The van der Waals surface area contributed by atoms with E-state index >= 15 is 0 Å². The van der Waals surface area contributed by atoms with Crippen molar-refractivity contribution in [2.75, 3.05) is 38.6 Å². The second kappa shape index (κ2) is 6.71. The Morgan fingerprint density at radius 3 is 2.78 bits per heavy atom. The minimum atomic E-state index is -0.0522. The highest BCUT2D eigenvalue weighted by Gasteiger charge is 2.32. The van der Waals surface area contributed by atoms with Crippen LogP contribution in [0, 0.1) is 0 Å². The summed E-state index contributed by atoms with van der Waals surface area (Å²) in [5.41, 5.74) is 2.31. The molecule has 2 aliphatic heterocycles. The highest BCUT2D eigenvalue weighted by Crippen LogP contribution is 2.28. The molecule has 1 fully saturated rings. The van der Waals surface area contributed by atoms with Gasteiger partial charge in [-0.1, -0.05) is 18.2 Å². The van der Waals surface area contributed by atoms with Crippen LogP contribution < -0.4 is 4.90 Å². The first-order chi connectivity index (χ1) is 11.1. The van der Waals surface area contributed by atoms with Gasteiger partial charge in [0.25, 0.3) is 0 Å². The molecule has 1 atom stereocenters. The predicted molar refractivity (Wildman–Crippen MR) is 90.4 cm³/mol. The van der Waals surface area contributed by atoms with Gasteiger partial charge in [0, 0.05) is 39.3 Å². The van der Waals surface area contributed by atoms with E-state index in [1.807, 2.05) is 23.1 Å². The Labute approximate surface area is 137 Å². The molecule has 5 heteroatoms. The average molecular weight is 315 g/mol. The Balaban J connectivity index is 1.58. The molecule has 0 spiro atoms. The van der Waals surface area contributed by atoms with E-state index in [-0.39, 0.29) is 17.9 Å². The monoisotopic (exact) mass is 315 g/mol. The van der Waals surface area contributed by atoms with Crippen molar-refractivity contribution in [2.24, 2.45) is 0 Å². The summed E-state index contributed by atoms with van der Waals surface area (Å²) in [4.78, 5) is 30.5. The third-order valence-electron chi connectivity index (χ3n) is 4.89. The number of hydrogen-bond acceptors (Lipinski definition) is 3. The van der Waals surface area contributed by atoms with Gasteiger partial charge in [0.2, 0.25) is 11.8 Å². The van der Waals surface area contributed by atoms with Gasteiger partial charge in [-0.25, -0.2) is 0 Å². The zero-order valence-electron chi connectivity index (χ0n) is 14.0. The average Bonchev–Trinajstić information content (AvgIpc) is 3.18. The Kier molecular flexibility index (Phi) is 4.66. The maximum atomic E-state index is 12.6. The van der Waals surface area contributed by atoms with E-state index in [0.29, 0.717) is 13.0 Å². The molecule has 2 heterocycles. The maximum absolute atomic E-state index is 12.6. The first-order valence-electron chi connectivity index (χ1n) is 8.41. The first-order valence-corrected chi connectivity index (χ1v) is 8.41. The van der Waals surface area contributed by atoms with Gasteiger partial charge in [-0.3, -0.25) is 14.5 Å². The molecule has 124 valence electrons. The van der Waals surface area contributed by atoms with E-state index in [1.54, 1.807) is 19.0 Å².